The van der Waals surface area contributed by atoms with Gasteiger partial charge in [-0.15, -0.1) is 0 Å². The van der Waals surface area contributed by atoms with Crippen LogP contribution in [0.2, 0.25) is 0 Å². The number of nitrogens with zero attached hydrogens (tertiary/aromatic N) is 6. The molecule has 3 rings (SSSR count). The molecule has 0 saturated carbocycles. The van der Waals surface area contributed by atoms with Crippen molar-refractivity contribution in [3.05, 3.63) is 0 Å². The van der Waals surface area contributed by atoms with E-state index in [1.165, 1.54) is 0 Å². The second kappa shape index (κ2) is 12.1. The van der Waals surface area contributed by atoms with Crippen LogP contribution in [0.4, 0.5) is 17.8 Å². The molecule has 39 heavy (non-hydrogen) atoms. The minimum Gasteiger partial charge on any atom is -0.347 e. The molecule has 8 heteroatoms. The van der Waals surface area contributed by atoms with Crippen LogP contribution in [0.5, 0.6) is 0 Å². The molecular weight excluding hydrogens is 484 g/mol. The van der Waals surface area contributed by atoms with Crippen LogP contribution < -0.4 is 25.3 Å². The molecule has 2 aliphatic rings. The topological polar surface area (TPSA) is 72.5 Å². The van der Waals surface area contributed by atoms with Crippen LogP contribution in [-0.2, 0) is 0 Å². The fourth-order valence-electron chi connectivity index (χ4n) is 5.89. The lowest BCUT2D eigenvalue weighted by Gasteiger charge is -2.46. The van der Waals surface area contributed by atoms with E-state index in [1.807, 2.05) is 19.0 Å². The number of rotatable bonds is 11. The maximum Gasteiger partial charge on any atom is 0.232 e. The second-order valence-electron chi connectivity index (χ2n) is 15.3. The van der Waals surface area contributed by atoms with Crippen molar-refractivity contribution < 1.29 is 0 Å². The molecule has 0 radical (unpaired) electrons. The molecule has 1 aromatic rings. The maximum atomic E-state index is 5.36. The van der Waals surface area contributed by atoms with Crippen molar-refractivity contribution in [1.29, 1.82) is 0 Å². The Hall–Kier alpha value is -1.67. The van der Waals surface area contributed by atoms with Crippen molar-refractivity contribution in [3.63, 3.8) is 0 Å². The molecule has 2 aliphatic heterocycles. The van der Waals surface area contributed by atoms with Crippen molar-refractivity contribution >= 4 is 17.8 Å². The van der Waals surface area contributed by atoms with Gasteiger partial charge in [-0.2, -0.15) is 15.0 Å². The highest BCUT2D eigenvalue weighted by atomic mass is 15.4. The van der Waals surface area contributed by atoms with Crippen LogP contribution >= 0.6 is 0 Å². The van der Waals surface area contributed by atoms with Gasteiger partial charge in [0.05, 0.1) is 0 Å². The molecule has 0 aromatic carbocycles. The third-order valence-corrected chi connectivity index (χ3v) is 9.16. The van der Waals surface area contributed by atoms with Crippen LogP contribution in [0.1, 0.15) is 108 Å². The highest BCUT2D eigenvalue weighted by molar-refractivity contribution is 5.48. The van der Waals surface area contributed by atoms with E-state index in [-0.39, 0.29) is 21.9 Å². The largest absolute Gasteiger partial charge is 0.347 e. The Morgan fingerprint density at radius 2 is 1.05 bits per heavy atom. The minimum absolute atomic E-state index is 0.0929. The highest BCUT2D eigenvalue weighted by Crippen LogP contribution is 2.35. The van der Waals surface area contributed by atoms with Gasteiger partial charge in [0.25, 0.3) is 0 Å². The van der Waals surface area contributed by atoms with Crippen LogP contribution in [-0.4, -0.2) is 78.4 Å². The first-order valence-electron chi connectivity index (χ1n) is 15.4. The van der Waals surface area contributed by atoms with E-state index in [9.17, 15) is 0 Å². The summed E-state index contributed by atoms with van der Waals surface area (Å²) < 4.78 is 0. The summed E-state index contributed by atoms with van der Waals surface area (Å²) in [4.78, 5) is 22.7. The zero-order valence-electron chi connectivity index (χ0n) is 27.4. The molecule has 2 unspecified atom stereocenters. The molecule has 2 fully saturated rings. The summed E-state index contributed by atoms with van der Waals surface area (Å²) >= 11 is 0. The minimum atomic E-state index is 0.0929. The van der Waals surface area contributed by atoms with Gasteiger partial charge in [-0.05, 0) is 90.1 Å². The quantitative estimate of drug-likeness (QED) is 0.379. The summed E-state index contributed by atoms with van der Waals surface area (Å²) in [6, 6.07) is 0.770. The Balaban J connectivity index is 2.14. The zero-order chi connectivity index (χ0) is 29.2. The molecular formula is C31H60N8. The first-order chi connectivity index (χ1) is 18.0. The SMILES string of the molecule is CCC(C)(C)CN(c1nc(N(C)C)nc(N(CC(C)(C)CC)C2CCNC(C)(C)C2)n1)C1CCNC(C)(C)C1. The number of nitrogens with one attached hydrogen (secondary N) is 2. The third-order valence-electron chi connectivity index (χ3n) is 9.16. The number of aromatic nitrogens is 3. The van der Waals surface area contributed by atoms with Gasteiger partial charge in [0.15, 0.2) is 0 Å². The lowest BCUT2D eigenvalue weighted by molar-refractivity contribution is 0.245. The van der Waals surface area contributed by atoms with Gasteiger partial charge < -0.3 is 25.3 Å². The first-order valence-corrected chi connectivity index (χ1v) is 15.4. The first kappa shape index (κ1) is 31.9. The van der Waals surface area contributed by atoms with Gasteiger partial charge >= 0.3 is 0 Å². The number of hydrogen-bond donors (Lipinski definition) is 2. The number of hydrogen-bond acceptors (Lipinski definition) is 8. The molecule has 224 valence electrons. The van der Waals surface area contributed by atoms with Crippen molar-refractivity contribution in [2.45, 2.75) is 131 Å². The van der Waals surface area contributed by atoms with E-state index in [4.69, 9.17) is 15.0 Å². The number of piperidine rings is 2. The lowest BCUT2D eigenvalue weighted by Crippen LogP contribution is -2.56. The van der Waals surface area contributed by atoms with Gasteiger partial charge in [-0.1, -0.05) is 41.5 Å². The summed E-state index contributed by atoms with van der Waals surface area (Å²) in [7, 11) is 4.09. The Kier molecular flexibility index (Phi) is 9.85. The van der Waals surface area contributed by atoms with Crippen LogP contribution in [0.3, 0.4) is 0 Å². The molecule has 2 saturated heterocycles. The Morgan fingerprint density at radius 1 is 0.692 bits per heavy atom. The molecule has 0 amide bonds. The fraction of sp³-hybridized carbons (Fsp3) is 0.903. The molecule has 0 aliphatic carbocycles. The van der Waals surface area contributed by atoms with E-state index in [0.717, 1.165) is 82.5 Å². The summed E-state index contributed by atoms with van der Waals surface area (Å²) in [6.45, 7) is 27.2. The monoisotopic (exact) mass is 544 g/mol. The van der Waals surface area contributed by atoms with Gasteiger partial charge in [0, 0.05) is 50.3 Å². The zero-order valence-corrected chi connectivity index (χ0v) is 27.4. The van der Waals surface area contributed by atoms with Crippen molar-refractivity contribution in [3.8, 4) is 0 Å². The van der Waals surface area contributed by atoms with Crippen molar-refractivity contribution in [1.82, 2.24) is 25.6 Å². The normalized spacial score (nSPS) is 23.4. The smallest absolute Gasteiger partial charge is 0.232 e. The molecule has 2 atom stereocenters. The van der Waals surface area contributed by atoms with E-state index in [0.29, 0.717) is 12.1 Å². The fourth-order valence-corrected chi connectivity index (χ4v) is 5.89. The highest BCUT2D eigenvalue weighted by Gasteiger charge is 2.38. The van der Waals surface area contributed by atoms with Crippen LogP contribution in [0, 0.1) is 10.8 Å². The average molecular weight is 545 g/mol. The van der Waals surface area contributed by atoms with Gasteiger partial charge in [0.2, 0.25) is 17.8 Å². The Bertz CT molecular complexity index is 870. The van der Waals surface area contributed by atoms with E-state index in [1.54, 1.807) is 0 Å². The standard InChI is InChI=1S/C31H60N8/c1-13-28(3,4)21-38(23-15-17-32-30(7,8)19-23)26-34-25(37(11)12)35-27(36-26)39(22-29(5,6)14-2)24-16-18-33-31(9,10)20-24/h23-24,32-33H,13-22H2,1-12H3. The summed E-state index contributed by atoms with van der Waals surface area (Å²) in [5.74, 6) is 2.41. The van der Waals surface area contributed by atoms with Crippen molar-refractivity contribution in [2.24, 2.45) is 10.8 Å². The van der Waals surface area contributed by atoms with E-state index >= 15 is 0 Å². The van der Waals surface area contributed by atoms with E-state index in [2.05, 4.69) is 89.7 Å². The molecule has 8 nitrogen and oxygen atoms in total. The summed E-state index contributed by atoms with van der Waals surface area (Å²) in [5, 5.41) is 7.42. The molecule has 1 aromatic heterocycles. The molecule has 3 heterocycles. The molecule has 0 bridgehead atoms. The maximum absolute atomic E-state index is 5.36. The average Bonchev–Trinajstić information content (AvgIpc) is 2.84. The second-order valence-corrected chi connectivity index (χ2v) is 15.3. The Labute approximate surface area is 240 Å². The lowest BCUT2D eigenvalue weighted by atomic mass is 9.85. The van der Waals surface area contributed by atoms with Crippen LogP contribution in [0.25, 0.3) is 0 Å². The number of anilines is 3. The Morgan fingerprint density at radius 3 is 1.36 bits per heavy atom. The van der Waals surface area contributed by atoms with E-state index < -0.39 is 0 Å². The predicted octanol–water partition coefficient (Wildman–Crippen LogP) is 5.48. The third kappa shape index (κ3) is 8.66. The van der Waals surface area contributed by atoms with Gasteiger partial charge in [-0.3, -0.25) is 0 Å². The summed E-state index contributed by atoms with van der Waals surface area (Å²) in [6.07, 6.45) is 6.54. The van der Waals surface area contributed by atoms with Crippen LogP contribution in [0.15, 0.2) is 0 Å². The summed E-state index contributed by atoms with van der Waals surface area (Å²) in [5.41, 5.74) is 0.497. The predicted molar refractivity (Wildman–Crippen MR) is 167 cm³/mol. The molecule has 0 spiro atoms. The molecule has 2 N–H and O–H groups in total. The van der Waals surface area contributed by atoms with Gasteiger partial charge in [0.1, 0.15) is 0 Å². The van der Waals surface area contributed by atoms with Gasteiger partial charge in [-0.25, -0.2) is 0 Å². The van der Waals surface area contributed by atoms with Crippen molar-refractivity contribution in [2.75, 3.05) is 55.0 Å².